The van der Waals surface area contributed by atoms with E-state index in [4.69, 9.17) is 0 Å². The van der Waals surface area contributed by atoms with Crippen molar-refractivity contribution in [2.75, 3.05) is 0 Å². The zero-order chi connectivity index (χ0) is 13.8. The fraction of sp³-hybridized carbons (Fsp3) is 0.824. The van der Waals surface area contributed by atoms with E-state index < -0.39 is 0 Å². The summed E-state index contributed by atoms with van der Waals surface area (Å²) in [6, 6.07) is 3.09. The Balaban J connectivity index is 2.42. The Kier molecular flexibility index (Phi) is 5.02. The van der Waals surface area contributed by atoms with Crippen molar-refractivity contribution < 1.29 is 0 Å². The summed E-state index contributed by atoms with van der Waals surface area (Å²) in [6.45, 7) is 15.4. The average molecular weight is 248 g/mol. The Labute approximate surface area is 113 Å². The molecule has 0 spiro atoms. The molecule has 2 unspecified atom stereocenters. The summed E-state index contributed by atoms with van der Waals surface area (Å²) in [5.74, 6) is 0.793. The molecule has 0 saturated heterocycles. The Hall–Kier alpha value is -0.770. The highest BCUT2D eigenvalue weighted by molar-refractivity contribution is 5.07. The molecule has 1 aliphatic rings. The van der Waals surface area contributed by atoms with E-state index in [-0.39, 0.29) is 0 Å². The first-order valence-electron chi connectivity index (χ1n) is 7.45. The van der Waals surface area contributed by atoms with Crippen LogP contribution >= 0.6 is 0 Å². The van der Waals surface area contributed by atoms with Crippen molar-refractivity contribution >= 4 is 0 Å². The number of unbranched alkanes of at least 4 members (excludes halogenated alkanes) is 1. The molecule has 0 aromatic carbocycles. The first kappa shape index (κ1) is 15.3. The lowest BCUT2D eigenvalue weighted by Crippen LogP contribution is -2.33. The molecule has 1 fully saturated rings. The highest BCUT2D eigenvalue weighted by atomic mass is 14.6. The number of hydrogen-bond acceptors (Lipinski definition) is 0. The van der Waals surface area contributed by atoms with Gasteiger partial charge in [-0.25, -0.2) is 0 Å². The third kappa shape index (κ3) is 3.37. The standard InChI is InChI=1S/C17H30N/c1-7-17(6,16(5)11-12-16)15(4)10-8-9-13-18-14(2)3/h15H,2,7-12H2,1,3-6H3/q+1. The summed E-state index contributed by atoms with van der Waals surface area (Å²) >= 11 is 0. The molecule has 1 saturated carbocycles. The molecule has 0 heterocycles. The lowest BCUT2D eigenvalue weighted by atomic mass is 9.64. The molecular formula is C17H30N+. The lowest BCUT2D eigenvalue weighted by Gasteiger charge is -2.41. The van der Waals surface area contributed by atoms with Gasteiger partial charge in [0.15, 0.2) is 0 Å². The second kappa shape index (κ2) is 5.91. The minimum atomic E-state index is 0.512. The molecule has 0 N–H and O–H groups in total. The van der Waals surface area contributed by atoms with Crippen LogP contribution in [0.4, 0.5) is 0 Å². The fourth-order valence-electron chi connectivity index (χ4n) is 3.13. The quantitative estimate of drug-likeness (QED) is 0.517. The monoisotopic (exact) mass is 248 g/mol. The van der Waals surface area contributed by atoms with Crippen molar-refractivity contribution in [3.8, 4) is 6.07 Å². The van der Waals surface area contributed by atoms with Gasteiger partial charge in [-0.1, -0.05) is 27.7 Å². The van der Waals surface area contributed by atoms with Crippen molar-refractivity contribution in [1.82, 2.24) is 0 Å². The molecule has 102 valence electrons. The largest absolute Gasteiger partial charge is 0.306 e. The maximum absolute atomic E-state index is 4.12. The first-order chi connectivity index (χ1) is 8.35. The van der Waals surface area contributed by atoms with E-state index in [9.17, 15) is 0 Å². The Morgan fingerprint density at radius 2 is 2.11 bits per heavy atom. The van der Waals surface area contributed by atoms with Gasteiger partial charge < -0.3 is 0 Å². The van der Waals surface area contributed by atoms with Crippen molar-refractivity contribution in [2.45, 2.75) is 73.1 Å². The van der Waals surface area contributed by atoms with Crippen molar-refractivity contribution in [3.63, 3.8) is 0 Å². The Morgan fingerprint density at radius 1 is 1.50 bits per heavy atom. The van der Waals surface area contributed by atoms with Crippen LogP contribution in [-0.2, 0) is 0 Å². The molecule has 2 atom stereocenters. The Bertz CT molecular complexity index is 354. The van der Waals surface area contributed by atoms with Gasteiger partial charge in [-0.2, -0.15) is 0 Å². The molecule has 1 aliphatic carbocycles. The minimum absolute atomic E-state index is 0.512. The average Bonchev–Trinajstić information content (AvgIpc) is 3.06. The molecule has 1 nitrogen and oxygen atoms in total. The summed E-state index contributed by atoms with van der Waals surface area (Å²) in [7, 11) is 0. The van der Waals surface area contributed by atoms with E-state index >= 15 is 0 Å². The van der Waals surface area contributed by atoms with Crippen LogP contribution in [-0.4, -0.2) is 0 Å². The van der Waals surface area contributed by atoms with Gasteiger partial charge in [0, 0.05) is 6.92 Å². The van der Waals surface area contributed by atoms with Crippen LogP contribution in [0.25, 0.3) is 4.85 Å². The molecular weight excluding hydrogens is 218 g/mol. The molecule has 0 aromatic rings. The second-order valence-electron chi connectivity index (χ2n) is 6.63. The van der Waals surface area contributed by atoms with Crippen molar-refractivity contribution in [3.05, 3.63) is 17.1 Å². The van der Waals surface area contributed by atoms with E-state index in [0.717, 1.165) is 18.0 Å². The topological polar surface area (TPSA) is 4.36 Å². The zero-order valence-corrected chi connectivity index (χ0v) is 13.0. The second-order valence-corrected chi connectivity index (χ2v) is 6.63. The van der Waals surface area contributed by atoms with E-state index in [0.29, 0.717) is 10.8 Å². The summed E-state index contributed by atoms with van der Waals surface area (Å²) in [5.41, 5.74) is 1.97. The SMILES string of the molecule is C=C(C)[N+]#CCCCC(C)C(C)(CC)C1(C)CC1. The summed E-state index contributed by atoms with van der Waals surface area (Å²) in [4.78, 5) is 4.12. The molecule has 0 bridgehead atoms. The van der Waals surface area contributed by atoms with Gasteiger partial charge in [0.25, 0.3) is 6.07 Å². The van der Waals surface area contributed by atoms with Crippen LogP contribution in [0.1, 0.15) is 73.1 Å². The molecule has 0 aliphatic heterocycles. The van der Waals surface area contributed by atoms with Crippen LogP contribution in [0, 0.1) is 22.8 Å². The first-order valence-corrected chi connectivity index (χ1v) is 7.45. The molecule has 0 amide bonds. The van der Waals surface area contributed by atoms with E-state index in [1.54, 1.807) is 0 Å². The fourth-order valence-corrected chi connectivity index (χ4v) is 3.13. The zero-order valence-electron chi connectivity index (χ0n) is 13.0. The summed E-state index contributed by atoms with van der Waals surface area (Å²) in [5, 5.41) is 0. The van der Waals surface area contributed by atoms with Crippen molar-refractivity contribution in [2.24, 2.45) is 16.7 Å². The lowest BCUT2D eigenvalue weighted by molar-refractivity contribution is 0.0813. The van der Waals surface area contributed by atoms with Gasteiger partial charge in [-0.05, 0) is 60.3 Å². The smallest absolute Gasteiger partial charge is 0.0648 e. The maximum atomic E-state index is 4.12. The molecule has 1 heteroatoms. The summed E-state index contributed by atoms with van der Waals surface area (Å²) < 4.78 is 0. The van der Waals surface area contributed by atoms with Crippen LogP contribution < -0.4 is 0 Å². The maximum Gasteiger partial charge on any atom is 0.306 e. The third-order valence-corrected chi connectivity index (χ3v) is 5.40. The van der Waals surface area contributed by atoms with Gasteiger partial charge >= 0.3 is 5.70 Å². The van der Waals surface area contributed by atoms with Gasteiger partial charge in [-0.3, -0.25) is 0 Å². The molecule has 0 radical (unpaired) electrons. The number of nitrogens with zero attached hydrogens (tertiary/aromatic N) is 1. The van der Waals surface area contributed by atoms with Crippen LogP contribution in [0.3, 0.4) is 0 Å². The van der Waals surface area contributed by atoms with Crippen LogP contribution in [0.15, 0.2) is 12.3 Å². The summed E-state index contributed by atoms with van der Waals surface area (Å²) in [6.07, 6.45) is 7.60. The minimum Gasteiger partial charge on any atom is -0.0648 e. The number of rotatable bonds is 6. The highest BCUT2D eigenvalue weighted by Crippen LogP contribution is 2.63. The predicted molar refractivity (Wildman–Crippen MR) is 80.8 cm³/mol. The third-order valence-electron chi connectivity index (χ3n) is 5.40. The number of hydrogen-bond donors (Lipinski definition) is 0. The molecule has 1 rings (SSSR count). The molecule has 18 heavy (non-hydrogen) atoms. The van der Waals surface area contributed by atoms with Gasteiger partial charge in [0.1, 0.15) is 0 Å². The predicted octanol–water partition coefficient (Wildman–Crippen LogP) is 5.88. The van der Waals surface area contributed by atoms with Crippen LogP contribution in [0.5, 0.6) is 0 Å². The van der Waals surface area contributed by atoms with Crippen molar-refractivity contribution in [1.29, 1.82) is 0 Å². The normalized spacial score (nSPS) is 21.4. The van der Waals surface area contributed by atoms with E-state index in [2.05, 4.69) is 45.2 Å². The van der Waals surface area contributed by atoms with E-state index in [1.807, 2.05) is 6.92 Å². The van der Waals surface area contributed by atoms with E-state index in [1.165, 1.54) is 32.1 Å². The van der Waals surface area contributed by atoms with Crippen LogP contribution in [0.2, 0.25) is 0 Å². The van der Waals surface area contributed by atoms with Gasteiger partial charge in [0.2, 0.25) is 0 Å². The highest BCUT2D eigenvalue weighted by Gasteiger charge is 2.53. The van der Waals surface area contributed by atoms with Gasteiger partial charge in [0.05, 0.1) is 6.42 Å². The van der Waals surface area contributed by atoms with Gasteiger partial charge in [-0.15, -0.1) is 0 Å². The Morgan fingerprint density at radius 3 is 2.56 bits per heavy atom. The number of allylic oxidation sites excluding steroid dienone is 1. The molecule has 0 aromatic heterocycles.